The first-order valence-electron chi connectivity index (χ1n) is 10.4. The molecule has 0 atom stereocenters. The van der Waals surface area contributed by atoms with Gasteiger partial charge in [0.2, 0.25) is 0 Å². The number of thioether (sulfide) groups is 1. The first kappa shape index (κ1) is 24.0. The molecule has 0 saturated carbocycles. The van der Waals surface area contributed by atoms with Crippen molar-refractivity contribution < 1.29 is 28.4 Å². The van der Waals surface area contributed by atoms with Crippen LogP contribution in [-0.2, 0) is 17.9 Å². The minimum Gasteiger partial charge on any atom is -0.493 e. The Balaban J connectivity index is 1.61. The molecule has 0 N–H and O–H groups in total. The largest absolute Gasteiger partial charge is 0.493 e. The number of ether oxygens (including phenoxy) is 2. The fourth-order valence-electron chi connectivity index (χ4n) is 3.40. The van der Waals surface area contributed by atoms with E-state index < -0.39 is 21.9 Å². The molecule has 0 aromatic heterocycles. The van der Waals surface area contributed by atoms with Gasteiger partial charge >= 0.3 is 0 Å². The number of rotatable bonds is 8. The van der Waals surface area contributed by atoms with E-state index in [9.17, 15) is 24.1 Å². The third kappa shape index (κ3) is 5.49. The van der Waals surface area contributed by atoms with E-state index >= 15 is 0 Å². The van der Waals surface area contributed by atoms with Crippen LogP contribution in [0.25, 0.3) is 6.08 Å². The molecule has 0 unspecified atom stereocenters. The van der Waals surface area contributed by atoms with Gasteiger partial charge in [-0.1, -0.05) is 42.5 Å². The van der Waals surface area contributed by atoms with Crippen LogP contribution in [-0.4, -0.2) is 28.1 Å². The minimum atomic E-state index is -0.595. The summed E-state index contributed by atoms with van der Waals surface area (Å²) in [4.78, 5) is 37.5. The van der Waals surface area contributed by atoms with E-state index in [1.165, 1.54) is 49.6 Å². The number of nitrogens with zero attached hydrogens (tertiary/aromatic N) is 2. The van der Waals surface area contributed by atoms with Gasteiger partial charge in [-0.3, -0.25) is 24.6 Å². The highest BCUT2D eigenvalue weighted by molar-refractivity contribution is 8.18. The molecule has 0 aliphatic carbocycles. The van der Waals surface area contributed by atoms with Crippen molar-refractivity contribution in [1.82, 2.24) is 4.90 Å². The van der Waals surface area contributed by atoms with Crippen molar-refractivity contribution in [2.24, 2.45) is 0 Å². The summed E-state index contributed by atoms with van der Waals surface area (Å²) in [6.45, 7) is 0.135. The molecule has 1 aliphatic rings. The molecule has 3 aromatic rings. The summed E-state index contributed by atoms with van der Waals surface area (Å²) in [6.07, 6.45) is 1.29. The molecule has 4 rings (SSSR count). The van der Waals surface area contributed by atoms with Crippen molar-refractivity contribution in [2.45, 2.75) is 13.2 Å². The van der Waals surface area contributed by atoms with Gasteiger partial charge in [0.15, 0.2) is 11.5 Å². The second-order valence-corrected chi connectivity index (χ2v) is 8.48. The number of hydrogen-bond donors (Lipinski definition) is 0. The molecule has 0 radical (unpaired) electrons. The number of benzene rings is 3. The highest BCUT2D eigenvalue weighted by Gasteiger charge is 2.35. The van der Waals surface area contributed by atoms with Crippen LogP contribution in [0.1, 0.15) is 16.7 Å². The molecule has 1 aliphatic heterocycles. The summed E-state index contributed by atoms with van der Waals surface area (Å²) in [7, 11) is 1.40. The summed E-state index contributed by atoms with van der Waals surface area (Å²) in [5.74, 6) is -0.616. The standard InChI is InChI=1S/C25H19FN2O6S/c1-33-21-11-18(20(28(31)32)13-22(21)34-15-17-5-3-2-4-6-17)12-23-24(29)27(25(30)35-23)14-16-7-9-19(26)10-8-16/h2-13H,14-15H2,1H3/b23-12+. The Labute approximate surface area is 204 Å². The Bertz CT molecular complexity index is 1310. The fourth-order valence-corrected chi connectivity index (χ4v) is 4.23. The predicted molar refractivity (Wildman–Crippen MR) is 128 cm³/mol. The summed E-state index contributed by atoms with van der Waals surface area (Å²) < 4.78 is 24.3. The van der Waals surface area contributed by atoms with Gasteiger partial charge in [-0.2, -0.15) is 0 Å². The summed E-state index contributed by atoms with van der Waals surface area (Å²) in [6, 6.07) is 17.3. The molecule has 0 spiro atoms. The number of imide groups is 1. The van der Waals surface area contributed by atoms with Crippen molar-refractivity contribution in [3.8, 4) is 11.5 Å². The first-order valence-corrected chi connectivity index (χ1v) is 11.2. The van der Waals surface area contributed by atoms with Gasteiger partial charge in [0.25, 0.3) is 16.8 Å². The van der Waals surface area contributed by atoms with Crippen LogP contribution in [0, 0.1) is 15.9 Å². The molecule has 0 bridgehead atoms. The lowest BCUT2D eigenvalue weighted by atomic mass is 10.1. The predicted octanol–water partition coefficient (Wildman–Crippen LogP) is 5.56. The molecular formula is C25H19FN2O6S. The van der Waals surface area contributed by atoms with Crippen molar-refractivity contribution in [2.75, 3.05) is 7.11 Å². The molecule has 8 nitrogen and oxygen atoms in total. The number of nitro benzene ring substituents is 1. The van der Waals surface area contributed by atoms with Crippen molar-refractivity contribution in [3.05, 3.63) is 104 Å². The first-order chi connectivity index (χ1) is 16.9. The number of halogens is 1. The van der Waals surface area contributed by atoms with Gasteiger partial charge in [0.1, 0.15) is 12.4 Å². The van der Waals surface area contributed by atoms with Gasteiger partial charge in [-0.05, 0) is 47.2 Å². The van der Waals surface area contributed by atoms with E-state index in [-0.39, 0.29) is 40.8 Å². The third-order valence-corrected chi connectivity index (χ3v) is 6.07. The Hall–Kier alpha value is -4.18. The average Bonchev–Trinajstić information content (AvgIpc) is 3.11. The van der Waals surface area contributed by atoms with Gasteiger partial charge in [-0.15, -0.1) is 0 Å². The molecule has 3 aromatic carbocycles. The summed E-state index contributed by atoms with van der Waals surface area (Å²) in [5.41, 5.74) is 1.23. The van der Waals surface area contributed by atoms with Crippen LogP contribution in [0.5, 0.6) is 11.5 Å². The van der Waals surface area contributed by atoms with Gasteiger partial charge in [0.05, 0.1) is 35.1 Å². The number of nitro groups is 1. The molecule has 1 fully saturated rings. The molecule has 35 heavy (non-hydrogen) atoms. The van der Waals surface area contributed by atoms with Crippen LogP contribution in [0.4, 0.5) is 14.9 Å². The zero-order valence-electron chi connectivity index (χ0n) is 18.5. The van der Waals surface area contributed by atoms with Crippen molar-refractivity contribution in [3.63, 3.8) is 0 Å². The molecule has 10 heteroatoms. The lowest BCUT2D eigenvalue weighted by molar-refractivity contribution is -0.385. The van der Waals surface area contributed by atoms with E-state index in [2.05, 4.69) is 0 Å². The van der Waals surface area contributed by atoms with E-state index in [1.807, 2.05) is 30.3 Å². The van der Waals surface area contributed by atoms with Gasteiger partial charge in [-0.25, -0.2) is 4.39 Å². The van der Waals surface area contributed by atoms with Crippen LogP contribution in [0.15, 0.2) is 71.6 Å². The topological polar surface area (TPSA) is 99.0 Å². The molecular weight excluding hydrogens is 475 g/mol. The fraction of sp³-hybridized carbons (Fsp3) is 0.120. The second kappa shape index (κ2) is 10.4. The van der Waals surface area contributed by atoms with E-state index in [0.717, 1.165) is 10.5 Å². The Kier molecular flexibility index (Phi) is 7.11. The maximum atomic E-state index is 13.2. The number of carbonyl (C=O) groups excluding carboxylic acids is 2. The highest BCUT2D eigenvalue weighted by atomic mass is 32.2. The lowest BCUT2D eigenvalue weighted by Crippen LogP contribution is -2.27. The highest BCUT2D eigenvalue weighted by Crippen LogP contribution is 2.39. The molecule has 1 heterocycles. The maximum absolute atomic E-state index is 13.2. The number of carbonyl (C=O) groups is 2. The normalized spacial score (nSPS) is 14.5. The zero-order chi connectivity index (χ0) is 24.9. The van der Waals surface area contributed by atoms with Crippen molar-refractivity contribution >= 4 is 34.7 Å². The Morgan fingerprint density at radius 3 is 2.40 bits per heavy atom. The van der Waals surface area contributed by atoms with E-state index in [0.29, 0.717) is 17.3 Å². The van der Waals surface area contributed by atoms with E-state index in [4.69, 9.17) is 9.47 Å². The van der Waals surface area contributed by atoms with Crippen LogP contribution in [0.3, 0.4) is 0 Å². The zero-order valence-corrected chi connectivity index (χ0v) is 19.3. The molecule has 1 saturated heterocycles. The second-order valence-electron chi connectivity index (χ2n) is 7.49. The average molecular weight is 495 g/mol. The summed E-state index contributed by atoms with van der Waals surface area (Å²) in [5, 5.41) is 11.3. The number of amides is 2. The Morgan fingerprint density at radius 2 is 1.74 bits per heavy atom. The smallest absolute Gasteiger partial charge is 0.293 e. The number of methoxy groups -OCH3 is 1. The van der Waals surface area contributed by atoms with Crippen molar-refractivity contribution in [1.29, 1.82) is 0 Å². The molecule has 2 amide bonds. The minimum absolute atomic E-state index is 0.0280. The van der Waals surface area contributed by atoms with Gasteiger partial charge < -0.3 is 9.47 Å². The Morgan fingerprint density at radius 1 is 1.03 bits per heavy atom. The maximum Gasteiger partial charge on any atom is 0.293 e. The third-order valence-electron chi connectivity index (χ3n) is 5.16. The molecule has 178 valence electrons. The monoisotopic (exact) mass is 494 g/mol. The number of hydrogen-bond acceptors (Lipinski definition) is 7. The van der Waals surface area contributed by atoms with Gasteiger partial charge in [0, 0.05) is 0 Å². The van der Waals surface area contributed by atoms with Crippen LogP contribution >= 0.6 is 11.8 Å². The lowest BCUT2D eigenvalue weighted by Gasteiger charge is -2.13. The summed E-state index contributed by atoms with van der Waals surface area (Å²) >= 11 is 0.674. The van der Waals surface area contributed by atoms with Crippen LogP contribution in [0.2, 0.25) is 0 Å². The van der Waals surface area contributed by atoms with Crippen LogP contribution < -0.4 is 9.47 Å². The SMILES string of the molecule is COc1cc(/C=C2/SC(=O)N(Cc3ccc(F)cc3)C2=O)c([N+](=O)[O-])cc1OCc1ccccc1. The quantitative estimate of drug-likeness (QED) is 0.230. The van der Waals surface area contributed by atoms with E-state index in [1.54, 1.807) is 0 Å².